The zero-order chi connectivity index (χ0) is 23.2. The van der Waals surface area contributed by atoms with Crippen molar-refractivity contribution in [2.45, 2.75) is 13.8 Å². The van der Waals surface area contributed by atoms with Crippen LogP contribution in [-0.4, -0.2) is 33.2 Å². The molecule has 0 amide bonds. The van der Waals surface area contributed by atoms with E-state index in [1.165, 1.54) is 12.1 Å². The van der Waals surface area contributed by atoms with E-state index < -0.39 is 0 Å². The number of hydrogen-bond donors (Lipinski definition) is 4. The van der Waals surface area contributed by atoms with Gasteiger partial charge in [0.2, 0.25) is 5.95 Å². The molecule has 0 saturated heterocycles. The number of benzene rings is 2. The maximum absolute atomic E-state index is 13.1. The summed E-state index contributed by atoms with van der Waals surface area (Å²) in [6.45, 7) is 5.12. The van der Waals surface area contributed by atoms with Gasteiger partial charge < -0.3 is 21.3 Å². The number of anilines is 4. The van der Waals surface area contributed by atoms with Crippen LogP contribution in [0.4, 0.5) is 27.5 Å². The van der Waals surface area contributed by atoms with E-state index in [4.69, 9.17) is 12.2 Å². The molecule has 0 aliphatic rings. The zero-order valence-electron chi connectivity index (χ0n) is 18.3. The second-order valence-corrected chi connectivity index (χ2v) is 7.89. The molecule has 0 bridgehead atoms. The van der Waals surface area contributed by atoms with Crippen molar-refractivity contribution in [2.75, 3.05) is 29.0 Å². The first kappa shape index (κ1) is 22.3. The Morgan fingerprint density at radius 3 is 2.48 bits per heavy atom. The van der Waals surface area contributed by atoms with Crippen LogP contribution in [0.25, 0.3) is 10.9 Å². The van der Waals surface area contributed by atoms with E-state index in [1.54, 1.807) is 18.2 Å². The van der Waals surface area contributed by atoms with Crippen LogP contribution in [0.3, 0.4) is 0 Å². The third-order valence-corrected chi connectivity index (χ3v) is 5.01. The number of nitrogens with zero attached hydrogens (tertiary/aromatic N) is 3. The number of nitrogens with one attached hydrogen (secondary N) is 4. The highest BCUT2D eigenvalue weighted by molar-refractivity contribution is 7.80. The molecule has 0 unspecified atom stereocenters. The Labute approximate surface area is 196 Å². The number of fused-ring (bicyclic) bond motifs is 1. The summed E-state index contributed by atoms with van der Waals surface area (Å²) >= 11 is 5.39. The Bertz CT molecular complexity index is 1280. The normalized spacial score (nSPS) is 10.6. The largest absolute Gasteiger partial charge is 0.383 e. The molecule has 0 spiro atoms. The summed E-state index contributed by atoms with van der Waals surface area (Å²) in [5.74, 6) is 0.668. The molecule has 33 heavy (non-hydrogen) atoms. The molecule has 0 aliphatic carbocycles. The Kier molecular flexibility index (Phi) is 6.89. The van der Waals surface area contributed by atoms with Gasteiger partial charge in [-0.05, 0) is 62.5 Å². The highest BCUT2D eigenvalue weighted by Crippen LogP contribution is 2.22. The van der Waals surface area contributed by atoms with Crippen LogP contribution < -0.4 is 21.3 Å². The van der Waals surface area contributed by atoms with Gasteiger partial charge in [0.15, 0.2) is 5.11 Å². The topological polar surface area (TPSA) is 86.8 Å². The molecule has 2 heterocycles. The lowest BCUT2D eigenvalue weighted by Gasteiger charge is -2.13. The van der Waals surface area contributed by atoms with Crippen molar-refractivity contribution in [3.63, 3.8) is 0 Å². The van der Waals surface area contributed by atoms with E-state index in [0.717, 1.165) is 33.7 Å². The van der Waals surface area contributed by atoms with Crippen LogP contribution in [-0.2, 0) is 0 Å². The number of aryl methyl sites for hydroxylation is 2. The summed E-state index contributed by atoms with van der Waals surface area (Å²) in [5.41, 5.74) is 4.46. The molecule has 0 radical (unpaired) electrons. The number of hydrogen-bond acceptors (Lipinski definition) is 6. The number of thiocarbonyl (C=S) groups is 1. The van der Waals surface area contributed by atoms with Crippen molar-refractivity contribution in [3.8, 4) is 0 Å². The van der Waals surface area contributed by atoms with Gasteiger partial charge in [0.1, 0.15) is 11.6 Å². The molecule has 0 aliphatic heterocycles. The highest BCUT2D eigenvalue weighted by atomic mass is 32.1. The van der Waals surface area contributed by atoms with Crippen molar-refractivity contribution in [1.82, 2.24) is 20.3 Å². The van der Waals surface area contributed by atoms with Gasteiger partial charge in [0.05, 0.1) is 5.52 Å². The summed E-state index contributed by atoms with van der Waals surface area (Å²) < 4.78 is 13.1. The zero-order valence-corrected chi connectivity index (χ0v) is 19.1. The molecule has 9 heteroatoms. The molecular weight excluding hydrogens is 437 g/mol. The molecule has 2 aromatic carbocycles. The SMILES string of the molecule is Cc1cc(Nc2ccc(F)cc2)nc(NC(=S)NCCNc2cc(C)nc3ccccc23)n1. The molecule has 0 atom stereocenters. The van der Waals surface area contributed by atoms with Gasteiger partial charge in [0.25, 0.3) is 0 Å². The molecule has 2 aromatic heterocycles. The van der Waals surface area contributed by atoms with E-state index in [0.29, 0.717) is 30.0 Å². The fraction of sp³-hybridized carbons (Fsp3) is 0.167. The van der Waals surface area contributed by atoms with Gasteiger partial charge in [-0.1, -0.05) is 18.2 Å². The van der Waals surface area contributed by atoms with Crippen LogP contribution in [0.15, 0.2) is 60.7 Å². The number of aromatic nitrogens is 3. The fourth-order valence-corrected chi connectivity index (χ4v) is 3.54. The first-order chi connectivity index (χ1) is 16.0. The average Bonchev–Trinajstić information content (AvgIpc) is 2.77. The van der Waals surface area contributed by atoms with Gasteiger partial charge in [-0.3, -0.25) is 4.98 Å². The Balaban J connectivity index is 1.31. The van der Waals surface area contributed by atoms with Crippen LogP contribution in [0.1, 0.15) is 11.4 Å². The van der Waals surface area contributed by atoms with Gasteiger partial charge >= 0.3 is 0 Å². The number of halogens is 1. The van der Waals surface area contributed by atoms with Crippen LogP contribution in [0.2, 0.25) is 0 Å². The minimum Gasteiger partial charge on any atom is -0.383 e. The monoisotopic (exact) mass is 461 g/mol. The third kappa shape index (κ3) is 6.11. The van der Waals surface area contributed by atoms with Crippen molar-refractivity contribution in [3.05, 3.63) is 77.9 Å². The highest BCUT2D eigenvalue weighted by Gasteiger charge is 2.06. The van der Waals surface area contributed by atoms with Crippen molar-refractivity contribution >= 4 is 51.4 Å². The Hall–Kier alpha value is -3.85. The fourth-order valence-electron chi connectivity index (χ4n) is 3.34. The Morgan fingerprint density at radius 1 is 0.909 bits per heavy atom. The van der Waals surface area contributed by atoms with Gasteiger partial charge in [0, 0.05) is 47.3 Å². The number of para-hydroxylation sites is 1. The molecule has 0 saturated carbocycles. The molecule has 0 fully saturated rings. The standard InChI is InChI=1S/C24H24FN7S/c1-15-13-21(19-5-3-4-6-20(19)28-15)26-11-12-27-24(33)32-23-29-16(2)14-22(31-23)30-18-9-7-17(25)8-10-18/h3-10,13-14H,11-12H2,1-2H3,(H,26,28)(H3,27,29,30,31,32,33). The number of rotatable bonds is 7. The quantitative estimate of drug-likeness (QED) is 0.228. The van der Waals surface area contributed by atoms with E-state index in [2.05, 4.69) is 42.3 Å². The third-order valence-electron chi connectivity index (χ3n) is 4.77. The van der Waals surface area contributed by atoms with Crippen LogP contribution in [0.5, 0.6) is 0 Å². The first-order valence-corrected chi connectivity index (χ1v) is 10.9. The maximum Gasteiger partial charge on any atom is 0.231 e. The van der Waals surface area contributed by atoms with Crippen LogP contribution in [0, 0.1) is 19.7 Å². The average molecular weight is 462 g/mol. The smallest absolute Gasteiger partial charge is 0.231 e. The van der Waals surface area contributed by atoms with E-state index in [1.807, 2.05) is 38.1 Å². The lowest BCUT2D eigenvalue weighted by atomic mass is 10.1. The minimum atomic E-state index is -0.292. The predicted molar refractivity (Wildman–Crippen MR) is 136 cm³/mol. The van der Waals surface area contributed by atoms with Gasteiger partial charge in [-0.15, -0.1) is 0 Å². The summed E-state index contributed by atoms with van der Waals surface area (Å²) in [5, 5.41) is 14.3. The van der Waals surface area contributed by atoms with Crippen molar-refractivity contribution in [2.24, 2.45) is 0 Å². The van der Waals surface area contributed by atoms with Crippen molar-refractivity contribution in [1.29, 1.82) is 0 Å². The Morgan fingerprint density at radius 2 is 1.67 bits per heavy atom. The molecule has 168 valence electrons. The summed E-state index contributed by atoms with van der Waals surface area (Å²) in [4.78, 5) is 13.4. The molecule has 4 aromatic rings. The van der Waals surface area contributed by atoms with Gasteiger partial charge in [-0.25, -0.2) is 9.37 Å². The van der Waals surface area contributed by atoms with E-state index >= 15 is 0 Å². The summed E-state index contributed by atoms with van der Waals surface area (Å²) in [6, 6.07) is 17.9. The van der Waals surface area contributed by atoms with E-state index in [9.17, 15) is 4.39 Å². The lowest BCUT2D eigenvalue weighted by Crippen LogP contribution is -2.33. The van der Waals surface area contributed by atoms with Crippen molar-refractivity contribution < 1.29 is 4.39 Å². The minimum absolute atomic E-state index is 0.292. The molecule has 4 N–H and O–H groups in total. The van der Waals surface area contributed by atoms with Crippen LogP contribution >= 0.6 is 12.2 Å². The molecule has 7 nitrogen and oxygen atoms in total. The second-order valence-electron chi connectivity index (χ2n) is 7.49. The van der Waals surface area contributed by atoms with E-state index in [-0.39, 0.29) is 5.82 Å². The molecular formula is C24H24FN7S. The molecule has 4 rings (SSSR count). The second kappa shape index (κ2) is 10.2. The first-order valence-electron chi connectivity index (χ1n) is 10.5. The number of pyridine rings is 1. The lowest BCUT2D eigenvalue weighted by molar-refractivity contribution is 0.628. The summed E-state index contributed by atoms with van der Waals surface area (Å²) in [7, 11) is 0. The summed E-state index contributed by atoms with van der Waals surface area (Å²) in [6.07, 6.45) is 0. The predicted octanol–water partition coefficient (Wildman–Crippen LogP) is 4.92. The van der Waals surface area contributed by atoms with Gasteiger partial charge in [-0.2, -0.15) is 4.98 Å². The maximum atomic E-state index is 13.1.